The maximum atomic E-state index is 12.0. The molecule has 3 nitrogen and oxygen atoms in total. The molecule has 0 bridgehead atoms. The predicted molar refractivity (Wildman–Crippen MR) is 74.7 cm³/mol. The van der Waals surface area contributed by atoms with Crippen molar-refractivity contribution in [1.82, 2.24) is 5.32 Å². The Morgan fingerprint density at radius 1 is 1.33 bits per heavy atom. The molecule has 1 aliphatic rings. The van der Waals surface area contributed by atoms with Crippen LogP contribution in [0, 0.1) is 0 Å². The van der Waals surface area contributed by atoms with E-state index in [0.29, 0.717) is 0 Å². The van der Waals surface area contributed by atoms with Gasteiger partial charge in [0, 0.05) is 18.7 Å². The summed E-state index contributed by atoms with van der Waals surface area (Å²) < 4.78 is 0. The molecule has 2 N–H and O–H groups in total. The second-order valence-corrected chi connectivity index (χ2v) is 4.91. The van der Waals surface area contributed by atoms with E-state index in [2.05, 4.69) is 23.6 Å². The lowest BCUT2D eigenvalue weighted by Crippen LogP contribution is -2.38. The van der Waals surface area contributed by atoms with Crippen molar-refractivity contribution in [3.8, 4) is 0 Å². The maximum Gasteiger partial charge on any atom is 0.242 e. The molecule has 1 aromatic carbocycles. The summed E-state index contributed by atoms with van der Waals surface area (Å²) in [5, 5.41) is 6.29. The van der Waals surface area contributed by atoms with E-state index in [4.69, 9.17) is 0 Å². The Balaban J connectivity index is 1.72. The summed E-state index contributed by atoms with van der Waals surface area (Å²) in [7, 11) is 0. The fraction of sp³-hybridized carbons (Fsp3) is 0.533. The first-order valence-corrected chi connectivity index (χ1v) is 6.93. The van der Waals surface area contributed by atoms with Crippen molar-refractivity contribution in [3.05, 3.63) is 29.8 Å². The first kappa shape index (κ1) is 12.9. The Hall–Kier alpha value is -1.51. The lowest BCUT2D eigenvalue weighted by Gasteiger charge is -2.11. The van der Waals surface area contributed by atoms with Crippen LogP contribution < -0.4 is 10.6 Å². The van der Waals surface area contributed by atoms with Gasteiger partial charge in [0.25, 0.3) is 0 Å². The predicted octanol–water partition coefficient (Wildman–Crippen LogP) is 2.72. The highest BCUT2D eigenvalue weighted by atomic mass is 16.2. The summed E-state index contributed by atoms with van der Waals surface area (Å²) in [6.07, 6.45) is 5.57. The van der Waals surface area contributed by atoms with Crippen molar-refractivity contribution in [2.75, 3.05) is 11.9 Å². The van der Waals surface area contributed by atoms with Gasteiger partial charge in [0.05, 0.1) is 0 Å². The molecule has 0 fully saturated rings. The Bertz CT molecular complexity index is 378. The number of fused-ring (bicyclic) bond motifs is 1. The molecule has 18 heavy (non-hydrogen) atoms. The number of amides is 1. The van der Waals surface area contributed by atoms with E-state index in [-0.39, 0.29) is 11.9 Å². The summed E-state index contributed by atoms with van der Waals surface area (Å²) in [5.74, 6) is 0.127. The molecule has 0 radical (unpaired) electrons. The van der Waals surface area contributed by atoms with Crippen LogP contribution in [-0.4, -0.2) is 18.5 Å². The van der Waals surface area contributed by atoms with Crippen LogP contribution in [0.4, 0.5) is 5.69 Å². The van der Waals surface area contributed by atoms with Crippen molar-refractivity contribution in [2.24, 2.45) is 0 Å². The highest BCUT2D eigenvalue weighted by Gasteiger charge is 2.25. The number of carbonyl (C=O) groups is 1. The second-order valence-electron chi connectivity index (χ2n) is 4.91. The van der Waals surface area contributed by atoms with Gasteiger partial charge in [-0.2, -0.15) is 0 Å². The minimum Gasteiger partial charge on any atom is -0.373 e. The third kappa shape index (κ3) is 3.25. The zero-order chi connectivity index (χ0) is 12.8. The van der Waals surface area contributed by atoms with Crippen molar-refractivity contribution in [2.45, 2.75) is 45.1 Å². The lowest BCUT2D eigenvalue weighted by molar-refractivity contribution is -0.121. The molecule has 2 rings (SSSR count). The monoisotopic (exact) mass is 246 g/mol. The number of nitrogens with one attached hydrogen (secondary N) is 2. The van der Waals surface area contributed by atoms with Crippen molar-refractivity contribution in [1.29, 1.82) is 0 Å². The van der Waals surface area contributed by atoms with Crippen LogP contribution >= 0.6 is 0 Å². The van der Waals surface area contributed by atoms with Crippen molar-refractivity contribution >= 4 is 11.6 Å². The molecule has 1 amide bonds. The molecular formula is C15H22N2O. The van der Waals surface area contributed by atoms with Crippen LogP contribution in [-0.2, 0) is 11.2 Å². The van der Waals surface area contributed by atoms with E-state index < -0.39 is 0 Å². The smallest absolute Gasteiger partial charge is 0.242 e. The largest absolute Gasteiger partial charge is 0.373 e. The van der Waals surface area contributed by atoms with Gasteiger partial charge in [-0.25, -0.2) is 0 Å². The lowest BCUT2D eigenvalue weighted by atomic mass is 10.1. The zero-order valence-electron chi connectivity index (χ0n) is 11.0. The van der Waals surface area contributed by atoms with Gasteiger partial charge in [-0.15, -0.1) is 0 Å². The Labute approximate surface area is 109 Å². The number of benzene rings is 1. The molecule has 3 heteroatoms. The molecule has 0 aromatic heterocycles. The highest BCUT2D eigenvalue weighted by molar-refractivity contribution is 5.87. The Kier molecular flexibility index (Phi) is 4.62. The van der Waals surface area contributed by atoms with Crippen LogP contribution in [0.1, 0.15) is 38.2 Å². The van der Waals surface area contributed by atoms with E-state index in [1.165, 1.54) is 24.8 Å². The number of unbranched alkanes of at least 4 members (excludes halogenated alkanes) is 3. The van der Waals surface area contributed by atoms with Gasteiger partial charge in [0.15, 0.2) is 0 Å². The molecular weight excluding hydrogens is 224 g/mol. The minimum atomic E-state index is -0.0893. The Morgan fingerprint density at radius 2 is 2.17 bits per heavy atom. The molecule has 0 aliphatic carbocycles. The molecule has 0 spiro atoms. The molecule has 1 atom stereocenters. The van der Waals surface area contributed by atoms with E-state index >= 15 is 0 Å². The van der Waals surface area contributed by atoms with Gasteiger partial charge in [-0.3, -0.25) is 4.79 Å². The normalized spacial score (nSPS) is 17.1. The summed E-state index contributed by atoms with van der Waals surface area (Å²) in [4.78, 5) is 12.0. The number of anilines is 1. The van der Waals surface area contributed by atoms with Crippen LogP contribution in [0.2, 0.25) is 0 Å². The summed E-state index contributed by atoms with van der Waals surface area (Å²) in [5.41, 5.74) is 2.34. The van der Waals surface area contributed by atoms with Crippen molar-refractivity contribution in [3.63, 3.8) is 0 Å². The molecule has 0 saturated heterocycles. The first-order valence-electron chi connectivity index (χ1n) is 6.93. The first-order chi connectivity index (χ1) is 8.81. The average Bonchev–Trinajstić information content (AvgIpc) is 2.82. The molecule has 1 unspecified atom stereocenters. The van der Waals surface area contributed by atoms with Crippen LogP contribution in [0.15, 0.2) is 24.3 Å². The molecule has 1 heterocycles. The van der Waals surface area contributed by atoms with Crippen LogP contribution in [0.25, 0.3) is 0 Å². The highest BCUT2D eigenvalue weighted by Crippen LogP contribution is 2.24. The van der Waals surface area contributed by atoms with Gasteiger partial charge in [-0.1, -0.05) is 44.4 Å². The van der Waals surface area contributed by atoms with E-state index in [9.17, 15) is 4.79 Å². The van der Waals surface area contributed by atoms with Gasteiger partial charge in [-0.05, 0) is 18.1 Å². The zero-order valence-corrected chi connectivity index (χ0v) is 11.0. The summed E-state index contributed by atoms with van der Waals surface area (Å²) >= 11 is 0. The average molecular weight is 246 g/mol. The maximum absolute atomic E-state index is 12.0. The number of hydrogen-bond donors (Lipinski definition) is 2. The quantitative estimate of drug-likeness (QED) is 0.758. The van der Waals surface area contributed by atoms with Gasteiger partial charge < -0.3 is 10.6 Å². The summed E-state index contributed by atoms with van der Waals surface area (Å²) in [6.45, 7) is 2.99. The fourth-order valence-electron chi connectivity index (χ4n) is 2.34. The number of para-hydroxylation sites is 1. The summed E-state index contributed by atoms with van der Waals surface area (Å²) in [6, 6.07) is 8.04. The van der Waals surface area contributed by atoms with E-state index in [0.717, 1.165) is 25.1 Å². The number of carbonyl (C=O) groups excluding carboxylic acids is 1. The van der Waals surface area contributed by atoms with Gasteiger partial charge in [0.2, 0.25) is 5.91 Å². The van der Waals surface area contributed by atoms with E-state index in [1.807, 2.05) is 18.2 Å². The standard InChI is InChI=1S/C15H22N2O/c1-2-3-4-7-10-16-15(18)14-11-12-8-5-6-9-13(12)17-14/h5-6,8-9,14,17H,2-4,7,10-11H2,1H3,(H,16,18). The molecule has 98 valence electrons. The van der Waals surface area contributed by atoms with Gasteiger partial charge in [0.1, 0.15) is 6.04 Å². The van der Waals surface area contributed by atoms with Crippen molar-refractivity contribution < 1.29 is 4.79 Å². The third-order valence-corrected chi connectivity index (χ3v) is 3.42. The Morgan fingerprint density at radius 3 is 2.94 bits per heavy atom. The van der Waals surface area contributed by atoms with E-state index in [1.54, 1.807) is 0 Å². The second kappa shape index (κ2) is 6.43. The molecule has 0 saturated carbocycles. The SMILES string of the molecule is CCCCCCNC(=O)C1Cc2ccccc2N1. The van der Waals surface area contributed by atoms with Crippen LogP contribution in [0.3, 0.4) is 0 Å². The minimum absolute atomic E-state index is 0.0893. The molecule has 1 aromatic rings. The fourth-order valence-corrected chi connectivity index (χ4v) is 2.34. The van der Waals surface area contributed by atoms with Crippen LogP contribution in [0.5, 0.6) is 0 Å². The topological polar surface area (TPSA) is 41.1 Å². The number of rotatable bonds is 6. The molecule has 1 aliphatic heterocycles. The number of hydrogen-bond acceptors (Lipinski definition) is 2. The van der Waals surface area contributed by atoms with Gasteiger partial charge >= 0.3 is 0 Å². The third-order valence-electron chi connectivity index (χ3n) is 3.42.